The second-order valence-electron chi connectivity index (χ2n) is 9.66. The minimum absolute atomic E-state index is 0.0397. The molecule has 0 saturated heterocycles. The second-order valence-corrected chi connectivity index (χ2v) is 13.2. The van der Waals surface area contributed by atoms with Gasteiger partial charge < -0.3 is 10.2 Å². The van der Waals surface area contributed by atoms with Gasteiger partial charge in [-0.2, -0.15) is 0 Å². The van der Waals surface area contributed by atoms with E-state index >= 15 is 0 Å². The molecular formula is C29H31Cl4N3O4S. The third-order valence-corrected chi connectivity index (χ3v) is 8.89. The van der Waals surface area contributed by atoms with E-state index in [2.05, 4.69) is 5.32 Å². The first-order chi connectivity index (χ1) is 19.3. The van der Waals surface area contributed by atoms with Gasteiger partial charge in [0, 0.05) is 24.0 Å². The number of anilines is 1. The number of sulfonamides is 1. The average molecular weight is 659 g/mol. The van der Waals surface area contributed by atoms with Crippen molar-refractivity contribution in [1.82, 2.24) is 10.2 Å². The van der Waals surface area contributed by atoms with Crippen molar-refractivity contribution in [3.63, 3.8) is 0 Å². The topological polar surface area (TPSA) is 86.8 Å². The number of carbonyl (C=O) groups excluding carboxylic acids is 2. The largest absolute Gasteiger partial charge is 0.352 e. The molecule has 0 unspecified atom stereocenters. The lowest BCUT2D eigenvalue weighted by molar-refractivity contribution is -0.140. The van der Waals surface area contributed by atoms with Gasteiger partial charge in [0.1, 0.15) is 12.6 Å². The van der Waals surface area contributed by atoms with Crippen LogP contribution in [0.3, 0.4) is 0 Å². The highest BCUT2D eigenvalue weighted by atomic mass is 35.5. The Labute approximate surface area is 261 Å². The van der Waals surface area contributed by atoms with Crippen molar-refractivity contribution in [2.45, 2.75) is 45.3 Å². The van der Waals surface area contributed by atoms with Gasteiger partial charge >= 0.3 is 0 Å². The number of rotatable bonds is 12. The SMILES string of the molecule is CC[C@H](C)NC(=O)[C@@H](Cc1ccccc1)N(Cc1ccc(Cl)c(Cl)c1)C(=O)CN(c1cc(Cl)ccc1Cl)S(C)(=O)=O. The third-order valence-electron chi connectivity index (χ3n) is 6.47. The first-order valence-electron chi connectivity index (χ1n) is 12.8. The Morgan fingerprint density at radius 3 is 2.15 bits per heavy atom. The fourth-order valence-electron chi connectivity index (χ4n) is 4.10. The summed E-state index contributed by atoms with van der Waals surface area (Å²) in [6.07, 6.45) is 1.84. The minimum Gasteiger partial charge on any atom is -0.352 e. The van der Waals surface area contributed by atoms with E-state index in [0.717, 1.165) is 16.1 Å². The Bertz CT molecular complexity index is 1490. The molecule has 0 spiro atoms. The van der Waals surface area contributed by atoms with Crippen molar-refractivity contribution in [3.8, 4) is 0 Å². The van der Waals surface area contributed by atoms with Crippen LogP contribution in [0.2, 0.25) is 20.1 Å². The average Bonchev–Trinajstić information content (AvgIpc) is 2.92. The van der Waals surface area contributed by atoms with E-state index in [1.165, 1.54) is 23.1 Å². The zero-order chi connectivity index (χ0) is 30.3. The molecule has 220 valence electrons. The van der Waals surface area contributed by atoms with Gasteiger partial charge in [0.15, 0.2) is 0 Å². The van der Waals surface area contributed by atoms with Crippen LogP contribution >= 0.6 is 46.4 Å². The molecule has 3 aromatic rings. The summed E-state index contributed by atoms with van der Waals surface area (Å²) in [6.45, 7) is 3.15. The molecule has 0 radical (unpaired) electrons. The van der Waals surface area contributed by atoms with Crippen LogP contribution in [0.4, 0.5) is 5.69 Å². The highest BCUT2D eigenvalue weighted by Gasteiger charge is 2.34. The number of carbonyl (C=O) groups is 2. The van der Waals surface area contributed by atoms with E-state index in [9.17, 15) is 18.0 Å². The number of halogens is 4. The molecule has 0 heterocycles. The molecule has 2 amide bonds. The summed E-state index contributed by atoms with van der Waals surface area (Å²) in [7, 11) is -4.00. The summed E-state index contributed by atoms with van der Waals surface area (Å²) in [5.74, 6) is -0.999. The van der Waals surface area contributed by atoms with Crippen LogP contribution < -0.4 is 9.62 Å². The third kappa shape index (κ3) is 9.25. The van der Waals surface area contributed by atoms with Gasteiger partial charge in [-0.3, -0.25) is 13.9 Å². The Morgan fingerprint density at radius 2 is 1.54 bits per heavy atom. The molecule has 3 aromatic carbocycles. The summed E-state index contributed by atoms with van der Waals surface area (Å²) in [4.78, 5) is 29.2. The van der Waals surface area contributed by atoms with Crippen molar-refractivity contribution in [2.24, 2.45) is 0 Å². The summed E-state index contributed by atoms with van der Waals surface area (Å²) in [6, 6.07) is 17.4. The lowest BCUT2D eigenvalue weighted by atomic mass is 10.0. The number of nitrogens with zero attached hydrogens (tertiary/aromatic N) is 2. The minimum atomic E-state index is -4.00. The molecule has 0 bridgehead atoms. The smallest absolute Gasteiger partial charge is 0.244 e. The monoisotopic (exact) mass is 657 g/mol. The molecule has 7 nitrogen and oxygen atoms in total. The number of hydrogen-bond donors (Lipinski definition) is 1. The van der Waals surface area contributed by atoms with Crippen LogP contribution in [0, 0.1) is 0 Å². The van der Waals surface area contributed by atoms with Gasteiger partial charge in [0.2, 0.25) is 21.8 Å². The molecule has 0 aliphatic heterocycles. The molecular weight excluding hydrogens is 628 g/mol. The number of nitrogens with one attached hydrogen (secondary N) is 1. The van der Waals surface area contributed by atoms with E-state index in [4.69, 9.17) is 46.4 Å². The summed E-state index contributed by atoms with van der Waals surface area (Å²) >= 11 is 24.9. The normalized spacial score (nSPS) is 12.9. The van der Waals surface area contributed by atoms with Gasteiger partial charge in [-0.05, 0) is 54.8 Å². The maximum atomic E-state index is 14.1. The predicted molar refractivity (Wildman–Crippen MR) is 167 cm³/mol. The Hall–Kier alpha value is -2.49. The number of amides is 2. The molecule has 12 heteroatoms. The summed E-state index contributed by atoms with van der Waals surface area (Å²) in [5, 5.41) is 3.93. The van der Waals surface area contributed by atoms with E-state index in [0.29, 0.717) is 17.0 Å². The quantitative estimate of drug-likeness (QED) is 0.237. The van der Waals surface area contributed by atoms with Crippen molar-refractivity contribution in [2.75, 3.05) is 17.1 Å². The van der Waals surface area contributed by atoms with Gasteiger partial charge in [0.05, 0.1) is 27.0 Å². The summed E-state index contributed by atoms with van der Waals surface area (Å²) in [5.41, 5.74) is 1.48. The molecule has 41 heavy (non-hydrogen) atoms. The van der Waals surface area contributed by atoms with Crippen molar-refractivity contribution < 1.29 is 18.0 Å². The first kappa shape index (κ1) is 33.0. The van der Waals surface area contributed by atoms with Gasteiger partial charge in [-0.25, -0.2) is 8.42 Å². The van der Waals surface area contributed by atoms with Crippen LogP contribution in [-0.4, -0.2) is 50.0 Å². The van der Waals surface area contributed by atoms with Crippen LogP contribution in [0.25, 0.3) is 0 Å². The maximum Gasteiger partial charge on any atom is 0.244 e. The molecule has 0 aromatic heterocycles. The van der Waals surface area contributed by atoms with Crippen molar-refractivity contribution >= 4 is 73.9 Å². The number of hydrogen-bond acceptors (Lipinski definition) is 4. The van der Waals surface area contributed by atoms with E-state index in [1.807, 2.05) is 44.2 Å². The Balaban J connectivity index is 2.11. The standard InChI is InChI=1S/C29H31Cl4N3O4S/c1-4-19(2)34-29(38)27(15-20-8-6-5-7-9-20)35(17-21-10-12-23(31)25(33)14-21)28(37)18-36(41(3,39)40)26-16-22(30)11-13-24(26)32/h5-14,16,19,27H,4,15,17-18H2,1-3H3,(H,34,38)/t19-,27+/m0/s1. The molecule has 0 aliphatic rings. The molecule has 0 saturated carbocycles. The van der Waals surface area contributed by atoms with Gasteiger partial charge in [0.25, 0.3) is 0 Å². The fraction of sp³-hybridized carbons (Fsp3) is 0.310. The Morgan fingerprint density at radius 1 is 0.878 bits per heavy atom. The molecule has 0 aliphatic carbocycles. The predicted octanol–water partition coefficient (Wildman–Crippen LogP) is 6.62. The van der Waals surface area contributed by atoms with Crippen LogP contribution in [0.5, 0.6) is 0 Å². The maximum absolute atomic E-state index is 14.1. The van der Waals surface area contributed by atoms with Crippen molar-refractivity contribution in [1.29, 1.82) is 0 Å². The van der Waals surface area contributed by atoms with Crippen LogP contribution in [-0.2, 0) is 32.6 Å². The van der Waals surface area contributed by atoms with Crippen LogP contribution in [0.15, 0.2) is 66.7 Å². The lowest BCUT2D eigenvalue weighted by Crippen LogP contribution is -2.54. The van der Waals surface area contributed by atoms with Crippen LogP contribution in [0.1, 0.15) is 31.4 Å². The lowest BCUT2D eigenvalue weighted by Gasteiger charge is -2.34. The highest BCUT2D eigenvalue weighted by Crippen LogP contribution is 2.31. The number of benzene rings is 3. The van der Waals surface area contributed by atoms with Gasteiger partial charge in [-0.15, -0.1) is 0 Å². The zero-order valence-corrected chi connectivity index (χ0v) is 26.6. The first-order valence-corrected chi connectivity index (χ1v) is 16.2. The second kappa shape index (κ2) is 14.6. The molecule has 3 rings (SSSR count). The Kier molecular flexibility index (Phi) is 11.8. The van der Waals surface area contributed by atoms with E-state index in [1.54, 1.807) is 18.2 Å². The zero-order valence-electron chi connectivity index (χ0n) is 22.8. The summed E-state index contributed by atoms with van der Waals surface area (Å²) < 4.78 is 26.7. The molecule has 1 N–H and O–H groups in total. The van der Waals surface area contributed by atoms with E-state index in [-0.39, 0.29) is 45.7 Å². The molecule has 2 atom stereocenters. The van der Waals surface area contributed by atoms with E-state index < -0.39 is 28.5 Å². The van der Waals surface area contributed by atoms with Gasteiger partial charge in [-0.1, -0.05) is 89.7 Å². The van der Waals surface area contributed by atoms with Crippen molar-refractivity contribution in [3.05, 3.63) is 97.9 Å². The highest BCUT2D eigenvalue weighted by molar-refractivity contribution is 7.92. The fourth-order valence-corrected chi connectivity index (χ4v) is 5.71. The molecule has 0 fully saturated rings.